The minimum absolute atomic E-state index is 0.488. The van der Waals surface area contributed by atoms with E-state index in [1.807, 2.05) is 0 Å². The van der Waals surface area contributed by atoms with Gasteiger partial charge in [-0.2, -0.15) is 0 Å². The third-order valence-electron chi connectivity index (χ3n) is 3.09. The van der Waals surface area contributed by atoms with Crippen LogP contribution in [0.4, 0.5) is 5.82 Å². The molecule has 0 amide bonds. The van der Waals surface area contributed by atoms with Crippen molar-refractivity contribution in [3.8, 4) is 0 Å². The summed E-state index contributed by atoms with van der Waals surface area (Å²) >= 11 is 1.72. The molecule has 0 saturated carbocycles. The van der Waals surface area contributed by atoms with E-state index in [4.69, 9.17) is 0 Å². The molecule has 0 spiro atoms. The average Bonchev–Trinajstić information content (AvgIpc) is 2.72. The molecule has 0 bridgehead atoms. The summed E-state index contributed by atoms with van der Waals surface area (Å²) in [5.41, 5.74) is 0. The van der Waals surface area contributed by atoms with Crippen molar-refractivity contribution in [2.24, 2.45) is 0 Å². The second-order valence-electron chi connectivity index (χ2n) is 4.49. The van der Waals surface area contributed by atoms with Gasteiger partial charge >= 0.3 is 0 Å². The van der Waals surface area contributed by atoms with Gasteiger partial charge in [-0.1, -0.05) is 0 Å². The highest BCUT2D eigenvalue weighted by atomic mass is 32.1. The van der Waals surface area contributed by atoms with E-state index in [2.05, 4.69) is 33.6 Å². The zero-order valence-electron chi connectivity index (χ0n) is 9.86. The highest BCUT2D eigenvalue weighted by Crippen LogP contribution is 2.28. The normalized spacial score (nSPS) is 20.6. The zero-order valence-corrected chi connectivity index (χ0v) is 10.7. The quantitative estimate of drug-likeness (QED) is 0.855. The van der Waals surface area contributed by atoms with Gasteiger partial charge in [-0.3, -0.25) is 0 Å². The number of nitrogens with zero attached hydrogens (tertiary/aromatic N) is 2. The SMILES string of the molecule is Cc1cc2c(NC3CCCNC3)ncnc2s1. The Morgan fingerprint density at radius 3 is 3.24 bits per heavy atom. The summed E-state index contributed by atoms with van der Waals surface area (Å²) in [7, 11) is 0. The average molecular weight is 248 g/mol. The van der Waals surface area contributed by atoms with Gasteiger partial charge in [0.1, 0.15) is 17.0 Å². The molecule has 0 aliphatic carbocycles. The van der Waals surface area contributed by atoms with Crippen LogP contribution in [-0.2, 0) is 0 Å². The van der Waals surface area contributed by atoms with Gasteiger partial charge < -0.3 is 10.6 Å². The maximum absolute atomic E-state index is 4.37. The molecule has 1 atom stereocenters. The molecule has 3 rings (SSSR count). The van der Waals surface area contributed by atoms with Crippen LogP contribution < -0.4 is 10.6 Å². The number of fused-ring (bicyclic) bond motifs is 1. The highest BCUT2D eigenvalue weighted by Gasteiger charge is 2.15. The van der Waals surface area contributed by atoms with Crippen molar-refractivity contribution in [1.29, 1.82) is 0 Å². The number of rotatable bonds is 2. The minimum atomic E-state index is 0.488. The van der Waals surface area contributed by atoms with Gasteiger partial charge in [0.15, 0.2) is 0 Å². The topological polar surface area (TPSA) is 49.8 Å². The molecule has 1 saturated heterocycles. The Balaban J connectivity index is 1.88. The van der Waals surface area contributed by atoms with E-state index < -0.39 is 0 Å². The van der Waals surface area contributed by atoms with Crippen LogP contribution >= 0.6 is 11.3 Å². The third-order valence-corrected chi connectivity index (χ3v) is 4.05. The molecule has 2 N–H and O–H groups in total. The lowest BCUT2D eigenvalue weighted by Crippen LogP contribution is -2.38. The smallest absolute Gasteiger partial charge is 0.138 e. The number of anilines is 1. The zero-order chi connectivity index (χ0) is 11.7. The van der Waals surface area contributed by atoms with E-state index in [1.54, 1.807) is 17.7 Å². The van der Waals surface area contributed by atoms with Crippen LogP contribution in [0.3, 0.4) is 0 Å². The van der Waals surface area contributed by atoms with Crippen molar-refractivity contribution in [1.82, 2.24) is 15.3 Å². The molecule has 0 radical (unpaired) electrons. The van der Waals surface area contributed by atoms with Crippen LogP contribution in [0.25, 0.3) is 10.2 Å². The number of hydrogen-bond donors (Lipinski definition) is 2. The minimum Gasteiger partial charge on any atom is -0.365 e. The van der Waals surface area contributed by atoms with Crippen molar-refractivity contribution in [3.05, 3.63) is 17.3 Å². The van der Waals surface area contributed by atoms with Gasteiger partial charge in [0.25, 0.3) is 0 Å². The summed E-state index contributed by atoms with van der Waals surface area (Å²) in [4.78, 5) is 11.0. The first kappa shape index (κ1) is 10.9. The van der Waals surface area contributed by atoms with E-state index in [9.17, 15) is 0 Å². The van der Waals surface area contributed by atoms with Crippen LogP contribution in [-0.4, -0.2) is 29.1 Å². The van der Waals surface area contributed by atoms with Crippen LogP contribution in [0.15, 0.2) is 12.4 Å². The van der Waals surface area contributed by atoms with E-state index in [1.165, 1.54) is 17.7 Å². The standard InChI is InChI=1S/C12H16N4S/c1-8-5-10-11(14-7-15-12(10)17-8)16-9-3-2-4-13-6-9/h5,7,9,13H,2-4,6H2,1H3,(H,14,15,16). The molecule has 1 aliphatic heterocycles. The highest BCUT2D eigenvalue weighted by molar-refractivity contribution is 7.18. The number of aromatic nitrogens is 2. The molecule has 1 fully saturated rings. The van der Waals surface area contributed by atoms with Crippen LogP contribution in [0, 0.1) is 6.92 Å². The second-order valence-corrected chi connectivity index (χ2v) is 5.72. The Bertz CT molecular complexity index is 516. The molecule has 1 aliphatic rings. The number of hydrogen-bond acceptors (Lipinski definition) is 5. The van der Waals surface area contributed by atoms with Gasteiger partial charge in [0, 0.05) is 17.5 Å². The van der Waals surface area contributed by atoms with Gasteiger partial charge in [0.05, 0.1) is 5.39 Å². The van der Waals surface area contributed by atoms with Crippen molar-refractivity contribution in [3.63, 3.8) is 0 Å². The molecule has 1 unspecified atom stereocenters. The number of nitrogens with one attached hydrogen (secondary N) is 2. The summed E-state index contributed by atoms with van der Waals surface area (Å²) in [5, 5.41) is 8.09. The summed E-state index contributed by atoms with van der Waals surface area (Å²) in [6.45, 7) is 4.27. The van der Waals surface area contributed by atoms with E-state index in [0.29, 0.717) is 6.04 Å². The monoisotopic (exact) mass is 248 g/mol. The second kappa shape index (κ2) is 4.58. The Kier molecular flexibility index (Phi) is 2.94. The maximum Gasteiger partial charge on any atom is 0.138 e. The lowest BCUT2D eigenvalue weighted by molar-refractivity contribution is 0.479. The van der Waals surface area contributed by atoms with Gasteiger partial charge in [-0.25, -0.2) is 9.97 Å². The number of aryl methyl sites for hydroxylation is 1. The third kappa shape index (κ3) is 2.25. The molecule has 3 heterocycles. The molecular formula is C12H16N4S. The molecule has 17 heavy (non-hydrogen) atoms. The van der Waals surface area contributed by atoms with Crippen molar-refractivity contribution in [2.45, 2.75) is 25.8 Å². The lowest BCUT2D eigenvalue weighted by Gasteiger charge is -2.24. The van der Waals surface area contributed by atoms with Crippen molar-refractivity contribution in [2.75, 3.05) is 18.4 Å². The molecule has 0 aromatic carbocycles. The van der Waals surface area contributed by atoms with Crippen LogP contribution in [0.1, 0.15) is 17.7 Å². The molecule has 2 aromatic heterocycles. The molecular weight excluding hydrogens is 232 g/mol. The summed E-state index contributed by atoms with van der Waals surface area (Å²) < 4.78 is 0. The summed E-state index contributed by atoms with van der Waals surface area (Å²) in [6, 6.07) is 2.65. The largest absolute Gasteiger partial charge is 0.365 e. The summed E-state index contributed by atoms with van der Waals surface area (Å²) in [5.74, 6) is 0.980. The van der Waals surface area contributed by atoms with E-state index >= 15 is 0 Å². The maximum atomic E-state index is 4.37. The number of piperidine rings is 1. The fourth-order valence-electron chi connectivity index (χ4n) is 2.26. The van der Waals surface area contributed by atoms with Crippen LogP contribution in [0.2, 0.25) is 0 Å². The fraction of sp³-hybridized carbons (Fsp3) is 0.500. The first-order valence-corrected chi connectivity index (χ1v) is 6.83. The van der Waals surface area contributed by atoms with Crippen molar-refractivity contribution < 1.29 is 0 Å². The predicted octanol–water partition coefficient (Wildman–Crippen LogP) is 2.16. The molecule has 4 nitrogen and oxygen atoms in total. The fourth-order valence-corrected chi connectivity index (χ4v) is 3.11. The first-order chi connectivity index (χ1) is 8.33. The molecule has 5 heteroatoms. The van der Waals surface area contributed by atoms with Gasteiger partial charge in [-0.15, -0.1) is 11.3 Å². The summed E-state index contributed by atoms with van der Waals surface area (Å²) in [6.07, 6.45) is 4.09. The van der Waals surface area contributed by atoms with Crippen molar-refractivity contribution >= 4 is 27.4 Å². The van der Waals surface area contributed by atoms with E-state index in [-0.39, 0.29) is 0 Å². The van der Waals surface area contributed by atoms with Crippen LogP contribution in [0.5, 0.6) is 0 Å². The molecule has 90 valence electrons. The molecule has 2 aromatic rings. The Hall–Kier alpha value is -1.20. The lowest BCUT2D eigenvalue weighted by atomic mass is 10.1. The Morgan fingerprint density at radius 2 is 2.41 bits per heavy atom. The Morgan fingerprint density at radius 1 is 1.47 bits per heavy atom. The van der Waals surface area contributed by atoms with Gasteiger partial charge in [-0.05, 0) is 32.4 Å². The Labute approximate surface area is 104 Å². The first-order valence-electron chi connectivity index (χ1n) is 6.01. The number of thiophene rings is 1. The van der Waals surface area contributed by atoms with E-state index in [0.717, 1.165) is 29.1 Å². The van der Waals surface area contributed by atoms with Gasteiger partial charge in [0.2, 0.25) is 0 Å². The predicted molar refractivity (Wildman–Crippen MR) is 71.7 cm³/mol.